The van der Waals surface area contributed by atoms with Crippen molar-refractivity contribution >= 4 is 23.5 Å². The highest BCUT2D eigenvalue weighted by molar-refractivity contribution is 6.02. The number of hydrogen-bond donors (Lipinski definition) is 1. The smallest absolute Gasteiger partial charge is 0.213 e. The van der Waals surface area contributed by atoms with Gasteiger partial charge in [-0.15, -0.1) is 0 Å². The Labute approximate surface area is 165 Å². The lowest BCUT2D eigenvalue weighted by atomic mass is 9.93. The molecule has 2 unspecified atom stereocenters. The minimum absolute atomic E-state index is 0.472. The lowest BCUT2D eigenvalue weighted by Gasteiger charge is -2.16. The van der Waals surface area contributed by atoms with Crippen molar-refractivity contribution in [2.24, 2.45) is 16.8 Å². The number of nitriles is 1. The first-order chi connectivity index (χ1) is 13.5. The number of benzene rings is 1. The van der Waals surface area contributed by atoms with Crippen LogP contribution in [0.15, 0.2) is 17.1 Å². The highest BCUT2D eigenvalue weighted by atomic mass is 16.1. The molecule has 1 aromatic carbocycles. The summed E-state index contributed by atoms with van der Waals surface area (Å²) in [6.07, 6.45) is 6.06. The molecule has 6 heteroatoms. The fraction of sp³-hybridized carbons (Fsp3) is 0.455. The molecule has 2 aromatic rings. The van der Waals surface area contributed by atoms with Gasteiger partial charge in [0, 0.05) is 18.3 Å². The van der Waals surface area contributed by atoms with E-state index >= 15 is 0 Å². The van der Waals surface area contributed by atoms with Crippen molar-refractivity contribution in [2.75, 3.05) is 11.9 Å². The molecule has 2 aliphatic carbocycles. The molecular weight excluding hydrogens is 350 g/mol. The van der Waals surface area contributed by atoms with E-state index in [0.717, 1.165) is 60.2 Å². The van der Waals surface area contributed by atoms with Crippen LogP contribution in [-0.4, -0.2) is 29.4 Å². The molecule has 1 saturated carbocycles. The molecule has 1 fully saturated rings. The molecule has 4 rings (SSSR count). The molecule has 0 aliphatic heterocycles. The molecular formula is C22H25N5O. The topological polar surface area (TPSA) is 85.1 Å². The van der Waals surface area contributed by atoms with Gasteiger partial charge in [0.1, 0.15) is 11.8 Å². The molecule has 1 aromatic heterocycles. The van der Waals surface area contributed by atoms with Crippen LogP contribution in [0.4, 0.5) is 11.4 Å². The van der Waals surface area contributed by atoms with Crippen LogP contribution in [0.5, 0.6) is 0 Å². The van der Waals surface area contributed by atoms with Gasteiger partial charge < -0.3 is 4.90 Å². The maximum atomic E-state index is 11.2. The van der Waals surface area contributed by atoms with E-state index in [1.54, 1.807) is 13.1 Å². The number of aliphatic imine (C=N–C) groups is 1. The first kappa shape index (κ1) is 18.4. The summed E-state index contributed by atoms with van der Waals surface area (Å²) in [6, 6.07) is 5.79. The average molecular weight is 375 g/mol. The van der Waals surface area contributed by atoms with Gasteiger partial charge in [-0.3, -0.25) is 14.9 Å². The number of aryl methyl sites for hydroxylation is 1. The summed E-state index contributed by atoms with van der Waals surface area (Å²) in [5.41, 5.74) is 7.33. The Balaban J connectivity index is 1.78. The van der Waals surface area contributed by atoms with Crippen LogP contribution in [0.2, 0.25) is 0 Å². The third kappa shape index (κ3) is 3.22. The van der Waals surface area contributed by atoms with Gasteiger partial charge in [0.15, 0.2) is 0 Å². The summed E-state index contributed by atoms with van der Waals surface area (Å²) < 4.78 is 0. The highest BCUT2D eigenvalue weighted by Gasteiger charge is 2.43. The van der Waals surface area contributed by atoms with Gasteiger partial charge in [-0.2, -0.15) is 10.4 Å². The van der Waals surface area contributed by atoms with Crippen molar-refractivity contribution in [3.8, 4) is 6.07 Å². The molecule has 144 valence electrons. The van der Waals surface area contributed by atoms with Crippen molar-refractivity contribution in [3.63, 3.8) is 0 Å². The number of anilines is 1. The third-order valence-corrected chi connectivity index (χ3v) is 5.94. The largest absolute Gasteiger partial charge is 0.317 e. The second-order valence-electron chi connectivity index (χ2n) is 7.99. The van der Waals surface area contributed by atoms with Crippen molar-refractivity contribution in [1.29, 1.82) is 5.26 Å². The van der Waals surface area contributed by atoms with Gasteiger partial charge in [0.2, 0.25) is 6.41 Å². The van der Waals surface area contributed by atoms with Gasteiger partial charge in [0.25, 0.3) is 0 Å². The van der Waals surface area contributed by atoms with Crippen LogP contribution in [0.1, 0.15) is 54.3 Å². The van der Waals surface area contributed by atoms with Crippen molar-refractivity contribution in [2.45, 2.75) is 46.0 Å². The van der Waals surface area contributed by atoms with E-state index in [1.807, 2.05) is 13.0 Å². The van der Waals surface area contributed by atoms with Gasteiger partial charge >= 0.3 is 0 Å². The second-order valence-corrected chi connectivity index (χ2v) is 7.99. The Kier molecular flexibility index (Phi) is 4.76. The van der Waals surface area contributed by atoms with E-state index in [4.69, 9.17) is 4.99 Å². The van der Waals surface area contributed by atoms with Crippen LogP contribution in [0.25, 0.3) is 0 Å². The molecule has 1 heterocycles. The van der Waals surface area contributed by atoms with E-state index in [2.05, 4.69) is 23.2 Å². The predicted octanol–water partition coefficient (Wildman–Crippen LogP) is 3.84. The molecule has 0 saturated heterocycles. The molecule has 1 amide bonds. The summed E-state index contributed by atoms with van der Waals surface area (Å²) in [4.78, 5) is 17.6. The van der Waals surface area contributed by atoms with Crippen molar-refractivity contribution in [3.05, 3.63) is 40.2 Å². The maximum Gasteiger partial charge on any atom is 0.213 e. The van der Waals surface area contributed by atoms with Crippen LogP contribution in [0, 0.1) is 30.1 Å². The third-order valence-electron chi connectivity index (χ3n) is 5.94. The zero-order valence-corrected chi connectivity index (χ0v) is 16.6. The average Bonchev–Trinajstić information content (AvgIpc) is 3.35. The Hall–Kier alpha value is -2.94. The Morgan fingerprint density at radius 2 is 2.21 bits per heavy atom. The maximum absolute atomic E-state index is 11.2. The Morgan fingerprint density at radius 3 is 2.93 bits per heavy atom. The number of carbonyl (C=O) groups excluding carboxylic acids is 1. The molecule has 6 nitrogen and oxygen atoms in total. The number of rotatable bonds is 6. The zero-order valence-electron chi connectivity index (χ0n) is 16.6. The van der Waals surface area contributed by atoms with Crippen LogP contribution in [-0.2, 0) is 17.6 Å². The number of fused-ring (bicyclic) bond motifs is 2. The second kappa shape index (κ2) is 7.23. The number of carbonyl (C=O) groups is 1. The number of nitrogens with one attached hydrogen (secondary N) is 1. The van der Waals surface area contributed by atoms with E-state index in [1.165, 1.54) is 22.6 Å². The van der Waals surface area contributed by atoms with E-state index in [0.29, 0.717) is 17.7 Å². The summed E-state index contributed by atoms with van der Waals surface area (Å²) in [5, 5.41) is 17.3. The van der Waals surface area contributed by atoms with Crippen molar-refractivity contribution in [1.82, 2.24) is 10.2 Å². The first-order valence-electron chi connectivity index (χ1n) is 9.92. The number of H-pyrrole nitrogens is 1. The lowest BCUT2D eigenvalue weighted by Crippen LogP contribution is -2.15. The van der Waals surface area contributed by atoms with E-state index in [9.17, 15) is 10.1 Å². The monoisotopic (exact) mass is 375 g/mol. The SMILES string of the molecule is CCCC(=Nc1cc(N(C)C=O)c(C#N)cc1C)c1n[nH]c2c1CC1CC1C2. The minimum Gasteiger partial charge on any atom is -0.317 e. The fourth-order valence-corrected chi connectivity index (χ4v) is 4.22. The summed E-state index contributed by atoms with van der Waals surface area (Å²) in [7, 11) is 1.65. The van der Waals surface area contributed by atoms with Gasteiger partial charge in [0.05, 0.1) is 22.6 Å². The number of amides is 1. The number of aromatic nitrogens is 2. The van der Waals surface area contributed by atoms with E-state index < -0.39 is 0 Å². The fourth-order valence-electron chi connectivity index (χ4n) is 4.22. The summed E-state index contributed by atoms with van der Waals surface area (Å²) in [5.74, 6) is 1.66. The number of aromatic amines is 1. The molecule has 0 bridgehead atoms. The zero-order chi connectivity index (χ0) is 19.8. The normalized spacial score (nSPS) is 20.1. The molecule has 28 heavy (non-hydrogen) atoms. The predicted molar refractivity (Wildman–Crippen MR) is 109 cm³/mol. The van der Waals surface area contributed by atoms with Crippen molar-refractivity contribution < 1.29 is 4.79 Å². The number of hydrogen-bond acceptors (Lipinski definition) is 4. The van der Waals surface area contributed by atoms with Gasteiger partial charge in [-0.25, -0.2) is 0 Å². The van der Waals surface area contributed by atoms with E-state index in [-0.39, 0.29) is 0 Å². The van der Waals surface area contributed by atoms with Crippen LogP contribution >= 0.6 is 0 Å². The highest BCUT2D eigenvalue weighted by Crippen LogP contribution is 2.48. The quantitative estimate of drug-likeness (QED) is 0.615. The molecule has 1 N–H and O–H groups in total. The van der Waals surface area contributed by atoms with Crippen LogP contribution in [0.3, 0.4) is 0 Å². The standard InChI is InChI=1S/C22H25N5O/c1-4-5-18(22-17-8-14-7-15(14)9-20(17)25-26-22)24-19-10-21(27(3)12-28)16(11-23)6-13(19)2/h6,10,12,14-15H,4-5,7-9H2,1-3H3,(H,25,26). The summed E-state index contributed by atoms with van der Waals surface area (Å²) >= 11 is 0. The minimum atomic E-state index is 0.472. The number of nitrogens with zero attached hydrogens (tertiary/aromatic N) is 4. The molecule has 0 spiro atoms. The molecule has 2 atom stereocenters. The van der Waals surface area contributed by atoms with Gasteiger partial charge in [-0.1, -0.05) is 13.3 Å². The molecule has 2 aliphatic rings. The Bertz CT molecular complexity index is 997. The van der Waals surface area contributed by atoms with Gasteiger partial charge in [-0.05, 0) is 62.1 Å². The Morgan fingerprint density at radius 1 is 1.43 bits per heavy atom. The lowest BCUT2D eigenvalue weighted by molar-refractivity contribution is -0.107. The van der Waals surface area contributed by atoms with Crippen LogP contribution < -0.4 is 4.90 Å². The molecule has 0 radical (unpaired) electrons. The summed E-state index contributed by atoms with van der Waals surface area (Å²) in [6.45, 7) is 4.09. The first-order valence-corrected chi connectivity index (χ1v) is 9.92.